The number of nitrogens with one attached hydrogen (secondary N) is 1. The molecule has 0 saturated carbocycles. The van der Waals surface area contributed by atoms with E-state index in [9.17, 15) is 9.65 Å². The van der Waals surface area contributed by atoms with E-state index in [0.29, 0.717) is 11.9 Å². The first-order chi connectivity index (χ1) is 13.5. The lowest BCUT2D eigenvalue weighted by molar-refractivity contribution is 0.539. The Morgan fingerprint density at radius 2 is 2.00 bits per heavy atom. The number of hydrogen-bond acceptors (Lipinski definition) is 5. The highest BCUT2D eigenvalue weighted by Crippen LogP contribution is 2.39. The van der Waals surface area contributed by atoms with Gasteiger partial charge in [0.2, 0.25) is 5.95 Å². The number of benzene rings is 2. The average molecular weight is 373 g/mol. The van der Waals surface area contributed by atoms with E-state index in [-0.39, 0.29) is 28.7 Å². The van der Waals surface area contributed by atoms with Crippen LogP contribution in [0.5, 0.6) is 0 Å². The Kier molecular flexibility index (Phi) is 4.44. The van der Waals surface area contributed by atoms with E-state index in [1.54, 1.807) is 18.2 Å². The second-order valence-electron chi connectivity index (χ2n) is 7.25. The van der Waals surface area contributed by atoms with Gasteiger partial charge in [-0.05, 0) is 42.5 Å². The Morgan fingerprint density at radius 3 is 2.75 bits per heavy atom. The Hall–Kier alpha value is -3.46. The minimum atomic E-state index is -0.460. The van der Waals surface area contributed by atoms with Crippen LogP contribution < -0.4 is 11.1 Å². The van der Waals surface area contributed by atoms with Gasteiger partial charge >= 0.3 is 0 Å². The molecule has 140 valence electrons. The minimum absolute atomic E-state index is 0.0238. The molecule has 0 fully saturated rings. The number of rotatable bonds is 3. The van der Waals surface area contributed by atoms with Gasteiger partial charge in [0.25, 0.3) is 0 Å². The van der Waals surface area contributed by atoms with Crippen LogP contribution in [0.4, 0.5) is 16.2 Å². The molecular formula is C22H20FN5. The monoisotopic (exact) mass is 373 g/mol. The van der Waals surface area contributed by atoms with Crippen LogP contribution in [0.3, 0.4) is 0 Å². The zero-order chi connectivity index (χ0) is 19.8. The van der Waals surface area contributed by atoms with Crippen LogP contribution in [0.2, 0.25) is 0 Å². The molecule has 0 amide bonds. The van der Waals surface area contributed by atoms with Gasteiger partial charge in [-0.1, -0.05) is 42.8 Å². The van der Waals surface area contributed by atoms with E-state index in [1.165, 1.54) is 22.8 Å². The summed E-state index contributed by atoms with van der Waals surface area (Å²) in [6.45, 7) is 4.23. The van der Waals surface area contributed by atoms with Crippen molar-refractivity contribution in [3.63, 3.8) is 0 Å². The fourth-order valence-electron chi connectivity index (χ4n) is 3.82. The molecule has 3 aromatic rings. The second kappa shape index (κ2) is 6.93. The van der Waals surface area contributed by atoms with E-state index in [4.69, 9.17) is 5.73 Å². The molecule has 2 atom stereocenters. The van der Waals surface area contributed by atoms with Gasteiger partial charge in [0.15, 0.2) is 0 Å². The number of anilines is 2. The number of fused-ring (bicyclic) bond motifs is 1. The lowest BCUT2D eigenvalue weighted by Crippen LogP contribution is -2.17. The molecule has 0 aliphatic heterocycles. The van der Waals surface area contributed by atoms with Crippen molar-refractivity contribution in [2.45, 2.75) is 26.3 Å². The molecule has 1 aromatic heterocycles. The summed E-state index contributed by atoms with van der Waals surface area (Å²) in [5.41, 5.74) is 10.2. The van der Waals surface area contributed by atoms with Crippen molar-refractivity contribution in [3.05, 3.63) is 70.5 Å². The summed E-state index contributed by atoms with van der Waals surface area (Å²) in [5.74, 6) is 0.210. The van der Waals surface area contributed by atoms with Gasteiger partial charge in [0.1, 0.15) is 23.3 Å². The highest BCUT2D eigenvalue weighted by Gasteiger charge is 2.30. The molecule has 0 bridgehead atoms. The number of hydrogen-bond donors (Lipinski definition) is 2. The first-order valence-corrected chi connectivity index (χ1v) is 9.16. The van der Waals surface area contributed by atoms with Crippen molar-refractivity contribution >= 4 is 11.8 Å². The molecule has 1 heterocycles. The van der Waals surface area contributed by atoms with Crippen molar-refractivity contribution in [2.75, 3.05) is 11.1 Å². The number of nitriles is 1. The van der Waals surface area contributed by atoms with Crippen LogP contribution in [0, 0.1) is 30.0 Å². The average Bonchev–Trinajstić information content (AvgIpc) is 2.97. The summed E-state index contributed by atoms with van der Waals surface area (Å²) < 4.78 is 14.3. The third-order valence-electron chi connectivity index (χ3n) is 5.21. The standard InChI is InChI=1S/C22H20FN5/c1-12-7-8-14-10-13(2)19(16(14)9-12)26-22-27-20(17(11-24)21(25)28-22)15-5-3-4-6-18(15)23/h3-9,13,19H,10H2,1-2H3,(H3,25,26,27,28)/t13-,19+/m0/s1. The summed E-state index contributed by atoms with van der Waals surface area (Å²) in [6.07, 6.45) is 0.958. The number of aryl methyl sites for hydroxylation is 1. The van der Waals surface area contributed by atoms with Crippen molar-refractivity contribution in [2.24, 2.45) is 5.92 Å². The third kappa shape index (κ3) is 3.05. The molecule has 0 saturated heterocycles. The van der Waals surface area contributed by atoms with Crippen LogP contribution in [-0.2, 0) is 6.42 Å². The highest BCUT2D eigenvalue weighted by atomic mass is 19.1. The first-order valence-electron chi connectivity index (χ1n) is 9.16. The van der Waals surface area contributed by atoms with Crippen molar-refractivity contribution < 1.29 is 4.39 Å². The fourth-order valence-corrected chi connectivity index (χ4v) is 3.82. The van der Waals surface area contributed by atoms with Crippen LogP contribution in [0.25, 0.3) is 11.3 Å². The molecule has 2 aromatic carbocycles. The van der Waals surface area contributed by atoms with Gasteiger partial charge < -0.3 is 11.1 Å². The second-order valence-corrected chi connectivity index (χ2v) is 7.25. The van der Waals surface area contributed by atoms with E-state index in [1.807, 2.05) is 6.07 Å². The van der Waals surface area contributed by atoms with Gasteiger partial charge in [0, 0.05) is 5.56 Å². The quantitative estimate of drug-likeness (QED) is 0.711. The number of halogens is 1. The van der Waals surface area contributed by atoms with Crippen LogP contribution in [0.15, 0.2) is 42.5 Å². The van der Waals surface area contributed by atoms with E-state index in [0.717, 1.165) is 6.42 Å². The maximum Gasteiger partial charge on any atom is 0.225 e. The smallest absolute Gasteiger partial charge is 0.225 e. The zero-order valence-electron chi connectivity index (χ0n) is 15.7. The Labute approximate surface area is 163 Å². The number of nitrogens with two attached hydrogens (primary N) is 1. The zero-order valence-corrected chi connectivity index (χ0v) is 15.7. The normalized spacial score (nSPS) is 17.8. The lowest BCUT2D eigenvalue weighted by atomic mass is 10.0. The SMILES string of the molecule is Cc1ccc2c(c1)[C@H](Nc1nc(N)c(C#N)c(-c3ccccc3F)n1)[C@@H](C)C2. The number of nitrogen functional groups attached to an aromatic ring is 1. The predicted octanol–water partition coefficient (Wildman–Crippen LogP) is 4.39. The van der Waals surface area contributed by atoms with Crippen molar-refractivity contribution in [1.29, 1.82) is 5.26 Å². The number of aromatic nitrogens is 2. The van der Waals surface area contributed by atoms with E-state index in [2.05, 4.69) is 47.3 Å². The summed E-state index contributed by atoms with van der Waals surface area (Å²) in [4.78, 5) is 8.73. The molecule has 28 heavy (non-hydrogen) atoms. The molecule has 0 radical (unpaired) electrons. The molecule has 6 heteroatoms. The van der Waals surface area contributed by atoms with Crippen molar-refractivity contribution in [3.8, 4) is 17.3 Å². The molecular weight excluding hydrogens is 353 g/mol. The van der Waals surface area contributed by atoms with Gasteiger partial charge in [-0.2, -0.15) is 10.2 Å². The Morgan fingerprint density at radius 1 is 1.21 bits per heavy atom. The highest BCUT2D eigenvalue weighted by molar-refractivity contribution is 5.73. The summed E-state index contributed by atoms with van der Waals surface area (Å²) in [7, 11) is 0. The van der Waals surface area contributed by atoms with Gasteiger partial charge in [-0.15, -0.1) is 0 Å². The van der Waals surface area contributed by atoms with E-state index >= 15 is 0 Å². The Bertz CT molecular complexity index is 1100. The summed E-state index contributed by atoms with van der Waals surface area (Å²) >= 11 is 0. The summed E-state index contributed by atoms with van der Waals surface area (Å²) in [5, 5.41) is 12.8. The fraction of sp³-hybridized carbons (Fsp3) is 0.227. The van der Waals surface area contributed by atoms with Gasteiger partial charge in [-0.3, -0.25) is 0 Å². The Balaban J connectivity index is 1.78. The maximum atomic E-state index is 14.3. The van der Waals surface area contributed by atoms with Crippen molar-refractivity contribution in [1.82, 2.24) is 9.97 Å². The minimum Gasteiger partial charge on any atom is -0.382 e. The first kappa shape index (κ1) is 17.9. The number of nitrogens with zero attached hydrogens (tertiary/aromatic N) is 3. The molecule has 3 N–H and O–H groups in total. The molecule has 1 aliphatic rings. The van der Waals surface area contributed by atoms with Crippen LogP contribution in [0.1, 0.15) is 35.2 Å². The molecule has 0 unspecified atom stereocenters. The van der Waals surface area contributed by atoms with Gasteiger partial charge in [0.05, 0.1) is 11.7 Å². The largest absolute Gasteiger partial charge is 0.382 e. The summed E-state index contributed by atoms with van der Waals surface area (Å²) in [6, 6.07) is 14.7. The van der Waals surface area contributed by atoms with Crippen LogP contribution in [-0.4, -0.2) is 9.97 Å². The molecule has 5 nitrogen and oxygen atoms in total. The maximum absolute atomic E-state index is 14.3. The topological polar surface area (TPSA) is 87.6 Å². The molecule has 1 aliphatic carbocycles. The van der Waals surface area contributed by atoms with Gasteiger partial charge in [-0.25, -0.2) is 9.37 Å². The van der Waals surface area contributed by atoms with Crippen LogP contribution >= 0.6 is 0 Å². The molecule has 4 rings (SSSR count). The molecule has 0 spiro atoms. The van der Waals surface area contributed by atoms with E-state index < -0.39 is 5.82 Å². The predicted molar refractivity (Wildman–Crippen MR) is 107 cm³/mol. The lowest BCUT2D eigenvalue weighted by Gasteiger charge is -2.20. The third-order valence-corrected chi connectivity index (χ3v) is 5.21.